The molecular formula is C13H21N. The Kier molecular flexibility index (Phi) is 4.15. The maximum absolute atomic E-state index is 5.68. The van der Waals surface area contributed by atoms with Crippen LogP contribution in [0.4, 0.5) is 0 Å². The molecule has 0 heterocycles. The van der Waals surface area contributed by atoms with E-state index in [-0.39, 0.29) is 0 Å². The molecule has 0 amide bonds. The van der Waals surface area contributed by atoms with Crippen molar-refractivity contribution in [1.82, 2.24) is 0 Å². The summed E-state index contributed by atoms with van der Waals surface area (Å²) in [6, 6.07) is 8.84. The summed E-state index contributed by atoms with van der Waals surface area (Å²) in [7, 11) is 0. The molecule has 1 heteroatoms. The summed E-state index contributed by atoms with van der Waals surface area (Å²) in [4.78, 5) is 0. The van der Waals surface area contributed by atoms with Crippen molar-refractivity contribution >= 4 is 0 Å². The largest absolute Gasteiger partial charge is 0.330 e. The van der Waals surface area contributed by atoms with Gasteiger partial charge in [-0.3, -0.25) is 0 Å². The predicted octanol–water partition coefficient (Wildman–Crippen LogP) is 2.95. The first-order chi connectivity index (χ1) is 6.69. The monoisotopic (exact) mass is 191 g/mol. The van der Waals surface area contributed by atoms with Crippen LogP contribution in [0.5, 0.6) is 0 Å². The summed E-state index contributed by atoms with van der Waals surface area (Å²) >= 11 is 0. The molecule has 1 rings (SSSR count). The van der Waals surface area contributed by atoms with Crippen LogP contribution in [0.3, 0.4) is 0 Å². The Morgan fingerprint density at radius 3 is 2.57 bits per heavy atom. The molecule has 1 aromatic carbocycles. The standard InChI is InChI=1S/C13H21N/c1-4-12-6-5-7-13(8-12)11(3)10(2)9-14/h5-8,10-11H,4,9,14H2,1-3H3. The summed E-state index contributed by atoms with van der Waals surface area (Å²) in [5.74, 6) is 1.12. The van der Waals surface area contributed by atoms with Gasteiger partial charge in [0.15, 0.2) is 0 Å². The fourth-order valence-corrected chi connectivity index (χ4v) is 1.63. The van der Waals surface area contributed by atoms with Crippen molar-refractivity contribution in [3.05, 3.63) is 35.4 Å². The van der Waals surface area contributed by atoms with Crippen molar-refractivity contribution in [3.8, 4) is 0 Å². The Labute approximate surface area is 87.3 Å². The molecule has 2 unspecified atom stereocenters. The van der Waals surface area contributed by atoms with E-state index in [1.807, 2.05) is 0 Å². The lowest BCUT2D eigenvalue weighted by molar-refractivity contribution is 0.499. The van der Waals surface area contributed by atoms with Gasteiger partial charge in [-0.05, 0) is 35.9 Å². The van der Waals surface area contributed by atoms with Gasteiger partial charge in [0.25, 0.3) is 0 Å². The Hall–Kier alpha value is -0.820. The van der Waals surface area contributed by atoms with Gasteiger partial charge in [0.2, 0.25) is 0 Å². The van der Waals surface area contributed by atoms with E-state index in [9.17, 15) is 0 Å². The fourth-order valence-electron chi connectivity index (χ4n) is 1.63. The molecule has 0 saturated heterocycles. The van der Waals surface area contributed by atoms with Crippen LogP contribution in [0.25, 0.3) is 0 Å². The maximum atomic E-state index is 5.68. The van der Waals surface area contributed by atoms with Crippen LogP contribution in [0.2, 0.25) is 0 Å². The van der Waals surface area contributed by atoms with E-state index >= 15 is 0 Å². The molecule has 1 nitrogen and oxygen atoms in total. The second-order valence-electron chi connectivity index (χ2n) is 4.10. The van der Waals surface area contributed by atoms with Crippen LogP contribution < -0.4 is 5.73 Å². The second kappa shape index (κ2) is 5.16. The first kappa shape index (κ1) is 11.3. The molecule has 0 bridgehead atoms. The summed E-state index contributed by atoms with van der Waals surface area (Å²) in [5, 5.41) is 0. The van der Waals surface area contributed by atoms with Crippen LogP contribution in [0.1, 0.15) is 37.8 Å². The van der Waals surface area contributed by atoms with Gasteiger partial charge < -0.3 is 5.73 Å². The van der Waals surface area contributed by atoms with Gasteiger partial charge in [-0.1, -0.05) is 45.0 Å². The van der Waals surface area contributed by atoms with Crippen molar-refractivity contribution in [1.29, 1.82) is 0 Å². The molecule has 0 aliphatic rings. The lowest BCUT2D eigenvalue weighted by Crippen LogP contribution is -2.17. The average molecular weight is 191 g/mol. The third kappa shape index (κ3) is 2.58. The van der Waals surface area contributed by atoms with Crippen LogP contribution in [0.15, 0.2) is 24.3 Å². The lowest BCUT2D eigenvalue weighted by atomic mass is 9.88. The van der Waals surface area contributed by atoms with E-state index in [0.717, 1.165) is 13.0 Å². The molecule has 0 spiro atoms. The molecule has 0 saturated carbocycles. The minimum atomic E-state index is 0.558. The van der Waals surface area contributed by atoms with Crippen LogP contribution in [-0.2, 0) is 6.42 Å². The lowest BCUT2D eigenvalue weighted by Gasteiger charge is -2.19. The van der Waals surface area contributed by atoms with E-state index in [2.05, 4.69) is 45.0 Å². The predicted molar refractivity (Wildman–Crippen MR) is 62.5 cm³/mol. The zero-order chi connectivity index (χ0) is 10.6. The number of rotatable bonds is 4. The molecule has 78 valence electrons. The second-order valence-corrected chi connectivity index (χ2v) is 4.10. The highest BCUT2D eigenvalue weighted by Crippen LogP contribution is 2.23. The van der Waals surface area contributed by atoms with E-state index in [1.165, 1.54) is 11.1 Å². The molecule has 1 aromatic rings. The van der Waals surface area contributed by atoms with Crippen molar-refractivity contribution in [2.24, 2.45) is 11.7 Å². The Bertz CT molecular complexity index is 280. The van der Waals surface area contributed by atoms with Crippen LogP contribution in [0, 0.1) is 5.92 Å². The molecule has 14 heavy (non-hydrogen) atoms. The van der Waals surface area contributed by atoms with Gasteiger partial charge in [0, 0.05) is 0 Å². The van der Waals surface area contributed by atoms with E-state index < -0.39 is 0 Å². The topological polar surface area (TPSA) is 26.0 Å². The van der Waals surface area contributed by atoms with Gasteiger partial charge in [-0.25, -0.2) is 0 Å². The van der Waals surface area contributed by atoms with Crippen molar-refractivity contribution in [2.75, 3.05) is 6.54 Å². The molecule has 0 aromatic heterocycles. The van der Waals surface area contributed by atoms with E-state index in [0.29, 0.717) is 11.8 Å². The highest BCUT2D eigenvalue weighted by molar-refractivity contribution is 5.26. The summed E-state index contributed by atoms with van der Waals surface area (Å²) in [5.41, 5.74) is 8.51. The maximum Gasteiger partial charge on any atom is -0.00458 e. The molecule has 0 aliphatic heterocycles. The van der Waals surface area contributed by atoms with Crippen molar-refractivity contribution in [2.45, 2.75) is 33.1 Å². The highest BCUT2D eigenvalue weighted by atomic mass is 14.5. The van der Waals surface area contributed by atoms with Crippen LogP contribution >= 0.6 is 0 Å². The first-order valence-electron chi connectivity index (χ1n) is 5.48. The Morgan fingerprint density at radius 1 is 1.29 bits per heavy atom. The number of aryl methyl sites for hydroxylation is 1. The SMILES string of the molecule is CCc1cccc(C(C)C(C)CN)c1. The van der Waals surface area contributed by atoms with E-state index in [4.69, 9.17) is 5.73 Å². The minimum Gasteiger partial charge on any atom is -0.330 e. The van der Waals surface area contributed by atoms with Gasteiger partial charge in [-0.15, -0.1) is 0 Å². The number of hydrogen-bond acceptors (Lipinski definition) is 1. The quantitative estimate of drug-likeness (QED) is 0.778. The Morgan fingerprint density at radius 2 is 2.00 bits per heavy atom. The smallest absolute Gasteiger partial charge is 0.00458 e. The van der Waals surface area contributed by atoms with Gasteiger partial charge in [-0.2, -0.15) is 0 Å². The van der Waals surface area contributed by atoms with Gasteiger partial charge in [0.05, 0.1) is 0 Å². The normalized spacial score (nSPS) is 15.1. The molecule has 2 atom stereocenters. The number of nitrogens with two attached hydrogens (primary N) is 1. The van der Waals surface area contributed by atoms with E-state index in [1.54, 1.807) is 0 Å². The summed E-state index contributed by atoms with van der Waals surface area (Å²) in [6.07, 6.45) is 1.11. The Balaban J connectivity index is 2.83. The van der Waals surface area contributed by atoms with Crippen molar-refractivity contribution < 1.29 is 0 Å². The number of hydrogen-bond donors (Lipinski definition) is 1. The van der Waals surface area contributed by atoms with Gasteiger partial charge >= 0.3 is 0 Å². The zero-order valence-corrected chi connectivity index (χ0v) is 9.46. The molecule has 0 aliphatic carbocycles. The number of benzene rings is 1. The third-order valence-electron chi connectivity index (χ3n) is 3.11. The third-order valence-corrected chi connectivity index (χ3v) is 3.11. The molecular weight excluding hydrogens is 170 g/mol. The summed E-state index contributed by atoms with van der Waals surface area (Å²) in [6.45, 7) is 7.42. The van der Waals surface area contributed by atoms with Crippen LogP contribution in [-0.4, -0.2) is 6.54 Å². The first-order valence-corrected chi connectivity index (χ1v) is 5.48. The minimum absolute atomic E-state index is 0.558. The van der Waals surface area contributed by atoms with Crippen molar-refractivity contribution in [3.63, 3.8) is 0 Å². The molecule has 0 fully saturated rings. The molecule has 0 radical (unpaired) electrons. The van der Waals surface area contributed by atoms with Gasteiger partial charge in [0.1, 0.15) is 0 Å². The summed E-state index contributed by atoms with van der Waals surface area (Å²) < 4.78 is 0. The molecule has 2 N–H and O–H groups in total. The zero-order valence-electron chi connectivity index (χ0n) is 9.46. The average Bonchev–Trinajstić information content (AvgIpc) is 2.27. The highest BCUT2D eigenvalue weighted by Gasteiger charge is 2.12. The fraction of sp³-hybridized carbons (Fsp3) is 0.538.